The van der Waals surface area contributed by atoms with E-state index >= 15 is 0 Å². The lowest BCUT2D eigenvalue weighted by atomic mass is 10.0. The Morgan fingerprint density at radius 2 is 0.909 bits per heavy atom. The number of nitrogens with one attached hydrogen (secondary N) is 1. The van der Waals surface area contributed by atoms with Crippen LogP contribution in [-0.4, -0.2) is 19.8 Å². The molecule has 1 rings (SSSR count). The van der Waals surface area contributed by atoms with Gasteiger partial charge < -0.3 is 0 Å². The van der Waals surface area contributed by atoms with E-state index in [1.165, 1.54) is 148 Å². The first-order valence-corrected chi connectivity index (χ1v) is 16.5. The second kappa shape index (κ2) is 23.8. The molecule has 1 heterocycles. The Labute approximate surface area is 207 Å². The van der Waals surface area contributed by atoms with Gasteiger partial charge >= 0.3 is 7.75 Å². The summed E-state index contributed by atoms with van der Waals surface area (Å²) >= 11 is 0. The van der Waals surface area contributed by atoms with E-state index in [2.05, 4.69) is 12.0 Å². The Balaban J connectivity index is 1.64. The van der Waals surface area contributed by atoms with E-state index in [4.69, 9.17) is 9.05 Å². The van der Waals surface area contributed by atoms with Gasteiger partial charge in [0.25, 0.3) is 0 Å². The molecule has 4 nitrogen and oxygen atoms in total. The minimum atomic E-state index is -2.92. The van der Waals surface area contributed by atoms with Gasteiger partial charge in [0.15, 0.2) is 0 Å². The molecule has 0 spiro atoms. The summed E-state index contributed by atoms with van der Waals surface area (Å²) in [6.45, 7) is 3.97. The van der Waals surface area contributed by atoms with Crippen molar-refractivity contribution in [2.24, 2.45) is 0 Å². The zero-order valence-electron chi connectivity index (χ0n) is 22.3. The summed E-state index contributed by atoms with van der Waals surface area (Å²) in [6.07, 6.45) is 33.6. The van der Waals surface area contributed by atoms with Gasteiger partial charge in [-0.2, -0.15) is 0 Å². The van der Waals surface area contributed by atoms with Crippen molar-refractivity contribution in [3.63, 3.8) is 0 Å². The SMILES string of the molecule is CCCCCCCCCCCCCCCCCCCCCCCCCCOP1(=O)NCCO1. The first-order valence-electron chi connectivity index (χ1n) is 14.9. The van der Waals surface area contributed by atoms with Crippen molar-refractivity contribution in [3.05, 3.63) is 0 Å². The molecule has 0 aliphatic carbocycles. The summed E-state index contributed by atoms with van der Waals surface area (Å²) < 4.78 is 22.4. The average molecular weight is 488 g/mol. The Morgan fingerprint density at radius 3 is 1.21 bits per heavy atom. The van der Waals surface area contributed by atoms with Crippen LogP contribution in [0.1, 0.15) is 161 Å². The van der Waals surface area contributed by atoms with Crippen LogP contribution in [0, 0.1) is 0 Å². The predicted octanol–water partition coefficient (Wildman–Crippen LogP) is 10.1. The van der Waals surface area contributed by atoms with Crippen LogP contribution in [0.4, 0.5) is 0 Å². The van der Waals surface area contributed by atoms with Crippen molar-refractivity contribution in [3.8, 4) is 0 Å². The van der Waals surface area contributed by atoms with Crippen LogP contribution in [0.2, 0.25) is 0 Å². The molecule has 0 radical (unpaired) electrons. The van der Waals surface area contributed by atoms with E-state index in [0.29, 0.717) is 19.8 Å². The molecule has 1 aliphatic rings. The van der Waals surface area contributed by atoms with Crippen molar-refractivity contribution in [2.45, 2.75) is 161 Å². The normalized spacial score (nSPS) is 18.3. The Bertz CT molecular complexity index is 437. The zero-order valence-corrected chi connectivity index (χ0v) is 23.2. The van der Waals surface area contributed by atoms with Gasteiger partial charge in [0.05, 0.1) is 13.2 Å². The molecule has 198 valence electrons. The monoisotopic (exact) mass is 487 g/mol. The Hall–Kier alpha value is 0.110. The van der Waals surface area contributed by atoms with Crippen LogP contribution in [0.3, 0.4) is 0 Å². The Kier molecular flexibility index (Phi) is 22.5. The summed E-state index contributed by atoms with van der Waals surface area (Å²) in [5.41, 5.74) is 0. The molecule has 1 atom stereocenters. The van der Waals surface area contributed by atoms with Crippen molar-refractivity contribution in [2.75, 3.05) is 19.8 Å². The third-order valence-electron chi connectivity index (χ3n) is 6.93. The Morgan fingerprint density at radius 1 is 0.576 bits per heavy atom. The van der Waals surface area contributed by atoms with Crippen molar-refractivity contribution in [1.82, 2.24) is 5.09 Å². The summed E-state index contributed by atoms with van der Waals surface area (Å²) in [4.78, 5) is 0. The third-order valence-corrected chi connectivity index (χ3v) is 8.58. The molecule has 0 aromatic carbocycles. The maximum atomic E-state index is 11.9. The van der Waals surface area contributed by atoms with E-state index in [1.54, 1.807) is 0 Å². The van der Waals surface area contributed by atoms with Gasteiger partial charge in [-0.1, -0.05) is 155 Å². The molecule has 1 unspecified atom stereocenters. The van der Waals surface area contributed by atoms with Gasteiger partial charge in [0, 0.05) is 6.54 Å². The topological polar surface area (TPSA) is 47.6 Å². The highest BCUT2D eigenvalue weighted by Gasteiger charge is 2.28. The average Bonchev–Trinajstić information content (AvgIpc) is 3.25. The first kappa shape index (κ1) is 31.1. The highest BCUT2D eigenvalue weighted by Crippen LogP contribution is 2.46. The van der Waals surface area contributed by atoms with Gasteiger partial charge in [0.1, 0.15) is 0 Å². The fourth-order valence-corrected chi connectivity index (χ4v) is 6.05. The lowest BCUT2D eigenvalue weighted by molar-refractivity contribution is 0.224. The molecule has 1 fully saturated rings. The van der Waals surface area contributed by atoms with Crippen LogP contribution in [0.15, 0.2) is 0 Å². The lowest BCUT2D eigenvalue weighted by Gasteiger charge is -2.10. The molecule has 1 aliphatic heterocycles. The molecular formula is C28H58NO3P. The van der Waals surface area contributed by atoms with Crippen LogP contribution in [0.25, 0.3) is 0 Å². The quantitative estimate of drug-likeness (QED) is 0.0973. The third kappa shape index (κ3) is 21.1. The minimum absolute atomic E-state index is 0.497. The highest BCUT2D eigenvalue weighted by atomic mass is 31.2. The minimum Gasteiger partial charge on any atom is -0.297 e. The van der Waals surface area contributed by atoms with Gasteiger partial charge in [-0.05, 0) is 6.42 Å². The standard InChI is InChI=1S/C28H58NO3P/c1-2-3-4-5-6-7-8-9-10-11-12-13-14-15-16-17-18-19-20-21-22-23-24-25-27-31-33(30)29-26-28-32-33/h2-28H2,1H3,(H,29,30). The van der Waals surface area contributed by atoms with E-state index in [1.807, 2.05) is 0 Å². The predicted molar refractivity (Wildman–Crippen MR) is 144 cm³/mol. The summed E-state index contributed by atoms with van der Waals surface area (Å²) in [7, 11) is -2.92. The van der Waals surface area contributed by atoms with Gasteiger partial charge in [-0.3, -0.25) is 9.05 Å². The molecule has 0 saturated carbocycles. The van der Waals surface area contributed by atoms with Crippen LogP contribution in [0.5, 0.6) is 0 Å². The molecule has 0 amide bonds. The zero-order chi connectivity index (χ0) is 23.7. The molecule has 1 N–H and O–H groups in total. The fraction of sp³-hybridized carbons (Fsp3) is 1.00. The molecule has 1 saturated heterocycles. The number of rotatable bonds is 26. The number of hydrogen-bond donors (Lipinski definition) is 1. The number of hydrogen-bond acceptors (Lipinski definition) is 3. The van der Waals surface area contributed by atoms with E-state index in [0.717, 1.165) is 6.42 Å². The van der Waals surface area contributed by atoms with Gasteiger partial charge in [-0.25, -0.2) is 9.65 Å². The molecular weight excluding hydrogens is 429 g/mol. The second-order valence-electron chi connectivity index (χ2n) is 10.2. The summed E-state index contributed by atoms with van der Waals surface area (Å²) in [6, 6.07) is 0. The highest BCUT2D eigenvalue weighted by molar-refractivity contribution is 7.51. The van der Waals surface area contributed by atoms with Gasteiger partial charge in [-0.15, -0.1) is 0 Å². The smallest absolute Gasteiger partial charge is 0.297 e. The second-order valence-corrected chi connectivity index (χ2v) is 12.0. The van der Waals surface area contributed by atoms with Crippen molar-refractivity contribution in [1.29, 1.82) is 0 Å². The molecule has 33 heavy (non-hydrogen) atoms. The van der Waals surface area contributed by atoms with E-state index in [9.17, 15) is 4.57 Å². The lowest BCUT2D eigenvalue weighted by Crippen LogP contribution is -2.06. The summed E-state index contributed by atoms with van der Waals surface area (Å²) in [5.74, 6) is 0. The summed E-state index contributed by atoms with van der Waals surface area (Å²) in [5, 5.41) is 2.81. The molecule has 5 heteroatoms. The van der Waals surface area contributed by atoms with Crippen LogP contribution >= 0.6 is 7.75 Å². The van der Waals surface area contributed by atoms with E-state index < -0.39 is 7.75 Å². The largest absolute Gasteiger partial charge is 0.405 e. The molecule has 0 aromatic rings. The molecule has 0 aromatic heterocycles. The maximum absolute atomic E-state index is 11.9. The molecule has 0 bridgehead atoms. The maximum Gasteiger partial charge on any atom is 0.405 e. The first-order chi connectivity index (χ1) is 16.3. The fourth-order valence-electron chi connectivity index (χ4n) is 4.73. The van der Waals surface area contributed by atoms with Gasteiger partial charge in [0.2, 0.25) is 0 Å². The van der Waals surface area contributed by atoms with Crippen LogP contribution < -0.4 is 5.09 Å². The number of unbranched alkanes of at least 4 members (excludes halogenated alkanes) is 23. The van der Waals surface area contributed by atoms with Crippen LogP contribution in [-0.2, 0) is 13.6 Å². The van der Waals surface area contributed by atoms with Crippen molar-refractivity contribution < 1.29 is 13.6 Å². The van der Waals surface area contributed by atoms with Crippen molar-refractivity contribution >= 4 is 7.75 Å². The van der Waals surface area contributed by atoms with E-state index in [-0.39, 0.29) is 0 Å².